The van der Waals surface area contributed by atoms with Crippen LogP contribution in [0, 0.1) is 0 Å². The lowest BCUT2D eigenvalue weighted by Gasteiger charge is -2.41. The van der Waals surface area contributed by atoms with Gasteiger partial charge in [-0.2, -0.15) is 0 Å². The lowest BCUT2D eigenvalue weighted by Crippen LogP contribution is -2.64. The number of phosphoric acid groups is 1. The number of aliphatic hydroxyl groups excluding tert-OH is 5. The van der Waals surface area contributed by atoms with Gasteiger partial charge in [0.15, 0.2) is 0 Å². The fourth-order valence-corrected chi connectivity index (χ4v) is 9.18. The number of carbonyl (C=O) groups is 1. The normalized spacial score (nSPS) is 21.6. The molecule has 0 heterocycles. The van der Waals surface area contributed by atoms with Crippen LogP contribution in [-0.4, -0.2) is 98.9 Å². The number of hydrogen-bond donors (Lipinski definition) is 6. The number of esters is 1. The van der Waals surface area contributed by atoms with Crippen molar-refractivity contribution in [3.63, 3.8) is 0 Å². The molecule has 6 unspecified atom stereocenters. The largest absolute Gasteiger partial charge is 0.472 e. The zero-order valence-electron chi connectivity index (χ0n) is 41.7. The summed E-state index contributed by atoms with van der Waals surface area (Å²) in [6, 6.07) is 0. The third-order valence-electron chi connectivity index (χ3n) is 12.5. The average molecular weight is 959 g/mol. The van der Waals surface area contributed by atoms with Crippen molar-refractivity contribution in [3.05, 3.63) is 36.5 Å². The highest BCUT2D eigenvalue weighted by Crippen LogP contribution is 2.47. The molecule has 388 valence electrons. The van der Waals surface area contributed by atoms with Gasteiger partial charge >= 0.3 is 13.8 Å². The molecule has 1 saturated carbocycles. The molecule has 1 aliphatic carbocycles. The van der Waals surface area contributed by atoms with Crippen molar-refractivity contribution in [3.8, 4) is 0 Å². The summed E-state index contributed by atoms with van der Waals surface area (Å²) >= 11 is 0. The number of aliphatic hydroxyl groups is 5. The van der Waals surface area contributed by atoms with E-state index in [-0.39, 0.29) is 13.0 Å². The molecule has 0 aromatic carbocycles. The first-order valence-electron chi connectivity index (χ1n) is 26.8. The maximum atomic E-state index is 12.9. The van der Waals surface area contributed by atoms with Crippen molar-refractivity contribution in [1.82, 2.24) is 0 Å². The molecular weight excluding hydrogens is 860 g/mol. The second kappa shape index (κ2) is 43.6. The lowest BCUT2D eigenvalue weighted by atomic mass is 9.85. The number of unbranched alkanes of at least 4 members (excludes halogenated alkanes) is 28. The predicted octanol–water partition coefficient (Wildman–Crippen LogP) is 12.2. The summed E-state index contributed by atoms with van der Waals surface area (Å²) in [6.45, 7) is 4.26. The predicted molar refractivity (Wildman–Crippen MR) is 267 cm³/mol. The van der Waals surface area contributed by atoms with E-state index >= 15 is 0 Å². The summed E-state index contributed by atoms with van der Waals surface area (Å²) in [5.74, 6) is -0.479. The van der Waals surface area contributed by atoms with Gasteiger partial charge < -0.3 is 39.9 Å². The van der Waals surface area contributed by atoms with Crippen LogP contribution in [0.25, 0.3) is 0 Å². The van der Waals surface area contributed by atoms with E-state index < -0.39 is 63.1 Å². The summed E-state index contributed by atoms with van der Waals surface area (Å²) in [5, 5.41) is 50.3. The molecule has 12 nitrogen and oxygen atoms in total. The molecule has 13 heteroatoms. The number of carbonyl (C=O) groups excluding carboxylic acids is 1. The molecule has 0 saturated heterocycles. The molecule has 0 spiro atoms. The second-order valence-electron chi connectivity index (χ2n) is 18.7. The third kappa shape index (κ3) is 34.8. The zero-order chi connectivity index (χ0) is 48.4. The Balaban J connectivity index is 2.31. The van der Waals surface area contributed by atoms with Gasteiger partial charge in [-0.15, -0.1) is 0 Å². The summed E-state index contributed by atoms with van der Waals surface area (Å²) in [5.41, 5.74) is 0. The Bertz CT molecular complexity index is 1230. The van der Waals surface area contributed by atoms with Crippen LogP contribution in [0.4, 0.5) is 0 Å². The minimum atomic E-state index is -5.02. The Kier molecular flexibility index (Phi) is 41.3. The first-order valence-corrected chi connectivity index (χ1v) is 28.3. The Labute approximate surface area is 402 Å². The van der Waals surface area contributed by atoms with Gasteiger partial charge in [-0.3, -0.25) is 13.8 Å². The van der Waals surface area contributed by atoms with E-state index in [1.807, 2.05) is 0 Å². The van der Waals surface area contributed by atoms with Crippen molar-refractivity contribution in [2.24, 2.45) is 0 Å². The number of hydrogen-bond acceptors (Lipinski definition) is 11. The summed E-state index contributed by atoms with van der Waals surface area (Å²) in [6.07, 6.45) is 40.6. The molecular formula is C53H99O12P. The molecule has 0 aliphatic heterocycles. The van der Waals surface area contributed by atoms with Crippen molar-refractivity contribution in [1.29, 1.82) is 0 Å². The van der Waals surface area contributed by atoms with Gasteiger partial charge in [-0.05, 0) is 70.6 Å². The molecule has 1 fully saturated rings. The first kappa shape index (κ1) is 62.6. The molecule has 1 aliphatic rings. The van der Waals surface area contributed by atoms with Crippen LogP contribution >= 0.6 is 7.82 Å². The minimum Gasteiger partial charge on any atom is -0.457 e. The average Bonchev–Trinajstić information content (AvgIpc) is 3.30. The Morgan fingerprint density at radius 2 is 0.848 bits per heavy atom. The number of allylic oxidation sites excluding steroid dienone is 6. The van der Waals surface area contributed by atoms with Crippen LogP contribution in [-0.2, 0) is 27.9 Å². The third-order valence-corrected chi connectivity index (χ3v) is 13.5. The van der Waals surface area contributed by atoms with Crippen molar-refractivity contribution in [2.75, 3.05) is 19.8 Å². The Morgan fingerprint density at radius 1 is 0.485 bits per heavy atom. The lowest BCUT2D eigenvalue weighted by molar-refractivity contribution is -0.220. The monoisotopic (exact) mass is 959 g/mol. The van der Waals surface area contributed by atoms with Crippen molar-refractivity contribution >= 4 is 13.8 Å². The van der Waals surface area contributed by atoms with Gasteiger partial charge in [-0.25, -0.2) is 4.57 Å². The van der Waals surface area contributed by atoms with Gasteiger partial charge in [0, 0.05) is 13.0 Å². The minimum absolute atomic E-state index is 0.0800. The van der Waals surface area contributed by atoms with Crippen molar-refractivity contribution < 1.29 is 58.3 Å². The van der Waals surface area contributed by atoms with E-state index in [4.69, 9.17) is 18.5 Å². The molecule has 6 atom stereocenters. The van der Waals surface area contributed by atoms with Crippen LogP contribution in [0.5, 0.6) is 0 Å². The molecule has 66 heavy (non-hydrogen) atoms. The topological polar surface area (TPSA) is 192 Å². The van der Waals surface area contributed by atoms with Crippen LogP contribution < -0.4 is 0 Å². The Morgan fingerprint density at radius 3 is 1.29 bits per heavy atom. The molecule has 0 aromatic rings. The van der Waals surface area contributed by atoms with Crippen molar-refractivity contribution in [2.45, 2.75) is 275 Å². The van der Waals surface area contributed by atoms with Gasteiger partial charge in [0.1, 0.15) is 42.7 Å². The SMILES string of the molecule is CCCCCCC/C=C\C/C=C\CCCCCCCCCCCCCC(=O)OC(COCCCCCCCC/C=C\CCCCCCCC)COP(=O)(O)OC1C(O)C(O)C(O)C(O)C1O. The molecule has 0 amide bonds. The maximum absolute atomic E-state index is 12.9. The van der Waals surface area contributed by atoms with E-state index in [1.54, 1.807) is 0 Å². The number of rotatable bonds is 46. The van der Waals surface area contributed by atoms with E-state index in [0.29, 0.717) is 13.0 Å². The highest BCUT2D eigenvalue weighted by atomic mass is 31.2. The standard InChI is InChI=1S/C53H99O12P/c1-3-5-7-9-11-13-15-17-19-21-22-23-24-25-26-27-28-30-32-34-36-38-40-42-47(54)64-46(45-63-66(60,61)65-53-51(58)49(56)48(55)50(57)52(53)59)44-62-43-41-39-37-35-33-31-29-20-18-16-14-12-10-8-6-4-2/h15,17-18,20-22,46,48-53,55-59H,3-14,16,19,23-45H2,1-2H3,(H,60,61)/b17-15-,20-18-,22-21-. The van der Waals surface area contributed by atoms with E-state index in [2.05, 4.69) is 50.3 Å². The highest BCUT2D eigenvalue weighted by Gasteiger charge is 2.51. The molecule has 6 N–H and O–H groups in total. The highest BCUT2D eigenvalue weighted by molar-refractivity contribution is 7.47. The second-order valence-corrected chi connectivity index (χ2v) is 20.1. The molecule has 0 aromatic heterocycles. The summed E-state index contributed by atoms with van der Waals surface area (Å²) in [4.78, 5) is 23.3. The van der Waals surface area contributed by atoms with Crippen LogP contribution in [0.2, 0.25) is 0 Å². The van der Waals surface area contributed by atoms with Gasteiger partial charge in [0.25, 0.3) is 0 Å². The quantitative estimate of drug-likeness (QED) is 0.0147. The van der Waals surface area contributed by atoms with Crippen LogP contribution in [0.3, 0.4) is 0 Å². The first-order chi connectivity index (χ1) is 32.0. The number of phosphoric ester groups is 1. The molecule has 0 bridgehead atoms. The van der Waals surface area contributed by atoms with Gasteiger partial charge in [0.05, 0.1) is 13.2 Å². The molecule has 1 rings (SSSR count). The number of ether oxygens (including phenoxy) is 2. The fourth-order valence-electron chi connectivity index (χ4n) is 8.21. The Hall–Kier alpha value is -1.44. The van der Waals surface area contributed by atoms with Crippen LogP contribution in [0.1, 0.15) is 232 Å². The van der Waals surface area contributed by atoms with E-state index in [9.17, 15) is 39.8 Å². The maximum Gasteiger partial charge on any atom is 0.472 e. The molecule has 0 radical (unpaired) electrons. The van der Waals surface area contributed by atoms with Gasteiger partial charge in [-0.1, -0.05) is 192 Å². The summed E-state index contributed by atoms with van der Waals surface area (Å²) < 4.78 is 34.3. The van der Waals surface area contributed by atoms with E-state index in [0.717, 1.165) is 57.8 Å². The summed E-state index contributed by atoms with van der Waals surface area (Å²) in [7, 11) is -5.02. The van der Waals surface area contributed by atoms with Gasteiger partial charge in [0.2, 0.25) is 0 Å². The smallest absolute Gasteiger partial charge is 0.457 e. The van der Waals surface area contributed by atoms with Crippen LogP contribution in [0.15, 0.2) is 36.5 Å². The fraction of sp³-hybridized carbons (Fsp3) is 0.868. The van der Waals surface area contributed by atoms with E-state index in [1.165, 1.54) is 148 Å². The zero-order valence-corrected chi connectivity index (χ0v) is 42.6.